The van der Waals surface area contributed by atoms with Gasteiger partial charge in [0.1, 0.15) is 0 Å². The van der Waals surface area contributed by atoms with Gasteiger partial charge in [-0.3, -0.25) is 9.59 Å². The highest BCUT2D eigenvalue weighted by atomic mass is 16.5. The van der Waals surface area contributed by atoms with Crippen LogP contribution < -0.4 is 5.32 Å². The molecular weight excluding hydrogens is 755 g/mol. The van der Waals surface area contributed by atoms with Gasteiger partial charge in [0.25, 0.3) is 0 Å². The maximum Gasteiger partial charge on any atom is 0.305 e. The molecule has 360 valence electrons. The molecule has 2 atom stereocenters. The fourth-order valence-electron chi connectivity index (χ4n) is 8.34. The normalized spacial score (nSPS) is 12.8. The van der Waals surface area contributed by atoms with E-state index < -0.39 is 12.1 Å². The number of aliphatic hydroxyl groups excluding tert-OH is 2. The van der Waals surface area contributed by atoms with Crippen LogP contribution in [0.1, 0.15) is 290 Å². The molecule has 0 aromatic carbocycles. The van der Waals surface area contributed by atoms with Crippen molar-refractivity contribution in [3.05, 3.63) is 24.3 Å². The number of carbonyl (C=O) groups excluding carboxylic acids is 2. The highest BCUT2D eigenvalue weighted by Gasteiger charge is 2.20. The minimum atomic E-state index is -0.668. The highest BCUT2D eigenvalue weighted by Crippen LogP contribution is 2.16. The second-order valence-electron chi connectivity index (χ2n) is 18.6. The van der Waals surface area contributed by atoms with Gasteiger partial charge in [0.05, 0.1) is 25.4 Å². The summed E-state index contributed by atoms with van der Waals surface area (Å²) in [5.41, 5.74) is 0. The number of hydrogen-bond acceptors (Lipinski definition) is 5. The predicted octanol–water partition coefficient (Wildman–Crippen LogP) is 16.3. The second-order valence-corrected chi connectivity index (χ2v) is 18.6. The molecule has 0 saturated carbocycles. The summed E-state index contributed by atoms with van der Waals surface area (Å²) in [5.74, 6) is -0.0574. The topological polar surface area (TPSA) is 95.9 Å². The summed E-state index contributed by atoms with van der Waals surface area (Å²) in [4.78, 5) is 24.4. The Morgan fingerprint density at radius 2 is 0.803 bits per heavy atom. The Morgan fingerprint density at radius 3 is 1.21 bits per heavy atom. The Kier molecular flexibility index (Phi) is 49.6. The van der Waals surface area contributed by atoms with Crippen molar-refractivity contribution >= 4 is 11.9 Å². The summed E-state index contributed by atoms with van der Waals surface area (Å²) in [7, 11) is 0. The predicted molar refractivity (Wildman–Crippen MR) is 264 cm³/mol. The standard InChI is InChI=1S/C55H105NO5/c1-3-5-7-9-11-13-14-15-16-23-26-29-33-37-41-45-49-55(60)61-50-46-42-38-34-30-27-24-21-19-17-18-20-22-25-28-32-36-40-44-48-54(59)56-52(51-57)53(58)47-43-39-35-31-12-10-8-6-4-2/h21,24,27,30,52-53,57-58H,3-20,22-23,25-26,28-29,31-51H2,1-2H3,(H,56,59)/b24-21-,30-27-. The Hall–Kier alpha value is -1.66. The molecule has 0 fully saturated rings. The smallest absolute Gasteiger partial charge is 0.305 e. The lowest BCUT2D eigenvalue weighted by molar-refractivity contribution is -0.143. The molecule has 1 amide bonds. The first-order valence-corrected chi connectivity index (χ1v) is 27.1. The molecule has 61 heavy (non-hydrogen) atoms. The van der Waals surface area contributed by atoms with Crippen LogP contribution in [0.25, 0.3) is 0 Å². The van der Waals surface area contributed by atoms with Gasteiger partial charge in [0.15, 0.2) is 0 Å². The number of allylic oxidation sites excluding steroid dienone is 4. The van der Waals surface area contributed by atoms with Crippen LogP contribution in [-0.4, -0.2) is 47.4 Å². The Morgan fingerprint density at radius 1 is 0.459 bits per heavy atom. The number of nitrogens with one attached hydrogen (secondary N) is 1. The van der Waals surface area contributed by atoms with Gasteiger partial charge in [-0.1, -0.05) is 244 Å². The summed E-state index contributed by atoms with van der Waals surface area (Å²) >= 11 is 0. The number of hydrogen-bond donors (Lipinski definition) is 3. The first-order valence-electron chi connectivity index (χ1n) is 27.1. The summed E-state index contributed by atoms with van der Waals surface area (Å²) in [6, 6.07) is -0.546. The van der Waals surface area contributed by atoms with Crippen molar-refractivity contribution in [2.24, 2.45) is 0 Å². The average molecular weight is 860 g/mol. The maximum absolute atomic E-state index is 12.4. The zero-order chi connectivity index (χ0) is 44.4. The molecule has 0 saturated heterocycles. The van der Waals surface area contributed by atoms with Crippen molar-refractivity contribution in [1.29, 1.82) is 0 Å². The van der Waals surface area contributed by atoms with E-state index in [1.807, 2.05) is 0 Å². The van der Waals surface area contributed by atoms with Gasteiger partial charge < -0.3 is 20.3 Å². The Balaban J connectivity index is 3.44. The van der Waals surface area contributed by atoms with Crippen LogP contribution in [0.15, 0.2) is 24.3 Å². The maximum atomic E-state index is 12.4. The third-order valence-electron chi connectivity index (χ3n) is 12.5. The summed E-state index contributed by atoms with van der Waals surface area (Å²) in [6.07, 6.45) is 60.3. The average Bonchev–Trinajstić information content (AvgIpc) is 3.26. The number of carbonyl (C=O) groups is 2. The number of amides is 1. The molecule has 0 rings (SSSR count). The van der Waals surface area contributed by atoms with Crippen LogP contribution in [0.5, 0.6) is 0 Å². The fourth-order valence-corrected chi connectivity index (χ4v) is 8.34. The summed E-state index contributed by atoms with van der Waals surface area (Å²) < 4.78 is 5.46. The van der Waals surface area contributed by atoms with E-state index in [4.69, 9.17) is 4.74 Å². The van der Waals surface area contributed by atoms with E-state index in [0.717, 1.165) is 70.6 Å². The number of ether oxygens (including phenoxy) is 1. The number of unbranched alkanes of at least 4 members (excludes halogenated alkanes) is 36. The molecule has 6 nitrogen and oxygen atoms in total. The van der Waals surface area contributed by atoms with Gasteiger partial charge in [0.2, 0.25) is 5.91 Å². The van der Waals surface area contributed by atoms with Crippen molar-refractivity contribution in [3.8, 4) is 0 Å². The van der Waals surface area contributed by atoms with Crippen LogP contribution in [-0.2, 0) is 14.3 Å². The second kappa shape index (κ2) is 51.0. The molecule has 2 unspecified atom stereocenters. The molecule has 0 aliphatic carbocycles. The van der Waals surface area contributed by atoms with E-state index in [2.05, 4.69) is 43.5 Å². The quantitative estimate of drug-likeness (QED) is 0.0322. The zero-order valence-electron chi connectivity index (χ0n) is 40.9. The van der Waals surface area contributed by atoms with Gasteiger partial charge in [-0.25, -0.2) is 0 Å². The van der Waals surface area contributed by atoms with E-state index >= 15 is 0 Å². The molecule has 0 aromatic heterocycles. The lowest BCUT2D eigenvalue weighted by Gasteiger charge is -2.22. The molecule has 0 aromatic rings. The fraction of sp³-hybridized carbons (Fsp3) is 0.891. The van der Waals surface area contributed by atoms with Gasteiger partial charge in [0, 0.05) is 12.8 Å². The number of aliphatic hydroxyl groups is 2. The van der Waals surface area contributed by atoms with Crippen LogP contribution in [0.4, 0.5) is 0 Å². The third kappa shape index (κ3) is 47.7. The Bertz CT molecular complexity index is 951. The monoisotopic (exact) mass is 860 g/mol. The van der Waals surface area contributed by atoms with E-state index in [0.29, 0.717) is 25.9 Å². The lowest BCUT2D eigenvalue weighted by atomic mass is 10.0. The molecule has 6 heteroatoms. The lowest BCUT2D eigenvalue weighted by Crippen LogP contribution is -2.45. The van der Waals surface area contributed by atoms with Crippen LogP contribution in [0.2, 0.25) is 0 Å². The minimum absolute atomic E-state index is 0.0102. The van der Waals surface area contributed by atoms with Gasteiger partial charge in [-0.2, -0.15) is 0 Å². The molecule has 0 spiro atoms. The van der Waals surface area contributed by atoms with Crippen LogP contribution >= 0.6 is 0 Å². The molecule has 0 aliphatic heterocycles. The molecule has 3 N–H and O–H groups in total. The van der Waals surface area contributed by atoms with Gasteiger partial charge in [-0.05, 0) is 57.8 Å². The van der Waals surface area contributed by atoms with Crippen molar-refractivity contribution < 1.29 is 24.5 Å². The summed E-state index contributed by atoms with van der Waals surface area (Å²) in [6.45, 7) is 4.90. The first kappa shape index (κ1) is 59.3. The number of esters is 1. The van der Waals surface area contributed by atoms with Crippen LogP contribution in [0, 0.1) is 0 Å². The molecule has 0 aliphatic rings. The van der Waals surface area contributed by atoms with Crippen molar-refractivity contribution in [2.75, 3.05) is 13.2 Å². The van der Waals surface area contributed by atoms with Crippen molar-refractivity contribution in [3.63, 3.8) is 0 Å². The molecule has 0 radical (unpaired) electrons. The molecule has 0 heterocycles. The molecule has 0 bridgehead atoms. The highest BCUT2D eigenvalue weighted by molar-refractivity contribution is 5.76. The first-order chi connectivity index (χ1) is 30.0. The zero-order valence-corrected chi connectivity index (χ0v) is 40.9. The van der Waals surface area contributed by atoms with Gasteiger partial charge >= 0.3 is 5.97 Å². The summed E-state index contributed by atoms with van der Waals surface area (Å²) in [5, 5.41) is 23.1. The van der Waals surface area contributed by atoms with E-state index in [1.54, 1.807) is 0 Å². The largest absolute Gasteiger partial charge is 0.466 e. The van der Waals surface area contributed by atoms with E-state index in [-0.39, 0.29) is 18.5 Å². The van der Waals surface area contributed by atoms with Crippen molar-refractivity contribution in [1.82, 2.24) is 5.32 Å². The number of rotatable bonds is 50. The van der Waals surface area contributed by atoms with E-state index in [9.17, 15) is 19.8 Å². The van der Waals surface area contributed by atoms with Crippen LogP contribution in [0.3, 0.4) is 0 Å². The SMILES string of the molecule is CCCCCCCCCCCCCCCCCCC(=O)OCCCCC/C=C\C=C/CCCCCCCCCCCCC(=O)NC(CO)C(O)CCCCCCCCCCC. The van der Waals surface area contributed by atoms with E-state index in [1.165, 1.54) is 186 Å². The Labute approximate surface area is 380 Å². The van der Waals surface area contributed by atoms with Gasteiger partial charge in [-0.15, -0.1) is 0 Å². The minimum Gasteiger partial charge on any atom is -0.466 e. The van der Waals surface area contributed by atoms with Crippen molar-refractivity contribution in [2.45, 2.75) is 302 Å². The third-order valence-corrected chi connectivity index (χ3v) is 12.5. The molecular formula is C55H105NO5.